The molecule has 0 bridgehead atoms. The third-order valence-corrected chi connectivity index (χ3v) is 2.32. The Morgan fingerprint density at radius 2 is 1.79 bits per heavy atom. The van der Waals surface area contributed by atoms with E-state index < -0.39 is 0 Å². The Balaban J connectivity index is 3.52. The minimum Gasteiger partial charge on any atom is -0.0988 e. The fourth-order valence-corrected chi connectivity index (χ4v) is 1.11. The van der Waals surface area contributed by atoms with Crippen molar-refractivity contribution in [3.8, 4) is 0 Å². The predicted molar refractivity (Wildman–Crippen MR) is 66.4 cm³/mol. The van der Waals surface area contributed by atoms with Crippen LogP contribution >= 0.6 is 0 Å². The van der Waals surface area contributed by atoms with Crippen LogP contribution in [0.4, 0.5) is 0 Å². The number of hydrogen-bond acceptors (Lipinski definition) is 0. The second-order valence-electron chi connectivity index (χ2n) is 3.78. The molecule has 0 amide bonds. The molecule has 0 rings (SSSR count). The maximum absolute atomic E-state index is 3.97. The molecule has 0 aliphatic heterocycles. The van der Waals surface area contributed by atoms with Crippen molar-refractivity contribution in [3.05, 3.63) is 48.6 Å². The van der Waals surface area contributed by atoms with Crippen LogP contribution in [-0.4, -0.2) is 0 Å². The van der Waals surface area contributed by atoms with E-state index in [-0.39, 0.29) is 0 Å². The number of rotatable bonds is 7. The van der Waals surface area contributed by atoms with E-state index in [2.05, 4.69) is 32.7 Å². The molecule has 0 unspecified atom stereocenters. The van der Waals surface area contributed by atoms with Crippen LogP contribution in [0.2, 0.25) is 0 Å². The highest BCUT2D eigenvalue weighted by atomic mass is 14.0. The topological polar surface area (TPSA) is 0 Å². The summed E-state index contributed by atoms with van der Waals surface area (Å²) in [5.41, 5.74) is 3.57. The largest absolute Gasteiger partial charge is 0.0988 e. The SMILES string of the molecule is C=CC(C)=CCCCCC(=C)C(=C)C. The average Bonchev–Trinajstić information content (AvgIpc) is 2.16. The zero-order valence-corrected chi connectivity index (χ0v) is 9.60. The maximum atomic E-state index is 3.97. The van der Waals surface area contributed by atoms with Gasteiger partial charge in [0.25, 0.3) is 0 Å². The van der Waals surface area contributed by atoms with Gasteiger partial charge in [-0.3, -0.25) is 0 Å². The smallest absolute Gasteiger partial charge is 0.0282 e. The summed E-state index contributed by atoms with van der Waals surface area (Å²) in [4.78, 5) is 0. The molecule has 0 aliphatic carbocycles. The average molecular weight is 190 g/mol. The van der Waals surface area contributed by atoms with Gasteiger partial charge in [0.05, 0.1) is 0 Å². The van der Waals surface area contributed by atoms with Crippen molar-refractivity contribution >= 4 is 0 Å². The van der Waals surface area contributed by atoms with Crippen molar-refractivity contribution in [2.45, 2.75) is 39.5 Å². The Hall–Kier alpha value is -1.04. The highest BCUT2D eigenvalue weighted by Crippen LogP contribution is 2.14. The monoisotopic (exact) mass is 190 g/mol. The van der Waals surface area contributed by atoms with E-state index in [9.17, 15) is 0 Å². The summed E-state index contributed by atoms with van der Waals surface area (Å²) in [6.45, 7) is 15.7. The lowest BCUT2D eigenvalue weighted by molar-refractivity contribution is 0.745. The molecule has 0 aromatic heterocycles. The second-order valence-corrected chi connectivity index (χ2v) is 3.78. The van der Waals surface area contributed by atoms with E-state index in [0.717, 1.165) is 18.4 Å². The molecule has 0 nitrogen and oxygen atoms in total. The molecular weight excluding hydrogens is 168 g/mol. The first-order valence-electron chi connectivity index (χ1n) is 5.20. The van der Waals surface area contributed by atoms with Crippen molar-refractivity contribution in [1.82, 2.24) is 0 Å². The zero-order valence-electron chi connectivity index (χ0n) is 9.60. The van der Waals surface area contributed by atoms with Crippen LogP contribution in [0.3, 0.4) is 0 Å². The van der Waals surface area contributed by atoms with Crippen LogP contribution in [-0.2, 0) is 0 Å². The van der Waals surface area contributed by atoms with E-state index in [1.54, 1.807) is 0 Å². The van der Waals surface area contributed by atoms with Gasteiger partial charge < -0.3 is 0 Å². The molecule has 0 saturated heterocycles. The lowest BCUT2D eigenvalue weighted by Crippen LogP contribution is -1.83. The molecule has 0 spiro atoms. The molecule has 0 aromatic carbocycles. The van der Waals surface area contributed by atoms with Gasteiger partial charge in [-0.25, -0.2) is 0 Å². The van der Waals surface area contributed by atoms with Crippen molar-refractivity contribution in [3.63, 3.8) is 0 Å². The highest BCUT2D eigenvalue weighted by molar-refractivity contribution is 5.22. The summed E-state index contributed by atoms with van der Waals surface area (Å²) >= 11 is 0. The van der Waals surface area contributed by atoms with Crippen LogP contribution in [0.1, 0.15) is 39.5 Å². The van der Waals surface area contributed by atoms with Gasteiger partial charge in [0.2, 0.25) is 0 Å². The third kappa shape index (κ3) is 6.47. The maximum Gasteiger partial charge on any atom is -0.0282 e. The van der Waals surface area contributed by atoms with Crippen molar-refractivity contribution in [2.75, 3.05) is 0 Å². The van der Waals surface area contributed by atoms with Crippen molar-refractivity contribution in [2.24, 2.45) is 0 Å². The van der Waals surface area contributed by atoms with Gasteiger partial charge in [0.1, 0.15) is 0 Å². The quantitative estimate of drug-likeness (QED) is 0.399. The van der Waals surface area contributed by atoms with Gasteiger partial charge in [-0.05, 0) is 39.5 Å². The molecular formula is C14H22. The van der Waals surface area contributed by atoms with Crippen LogP contribution in [0, 0.1) is 0 Å². The van der Waals surface area contributed by atoms with E-state index in [1.807, 2.05) is 13.0 Å². The minimum absolute atomic E-state index is 1.08. The van der Waals surface area contributed by atoms with Gasteiger partial charge >= 0.3 is 0 Å². The molecule has 0 heteroatoms. The summed E-state index contributed by atoms with van der Waals surface area (Å²) in [6, 6.07) is 0. The lowest BCUT2D eigenvalue weighted by atomic mass is 10.0. The molecule has 0 saturated carbocycles. The first kappa shape index (κ1) is 13.0. The predicted octanol–water partition coefficient (Wildman–Crippen LogP) is 4.81. The van der Waals surface area contributed by atoms with Crippen molar-refractivity contribution < 1.29 is 0 Å². The third-order valence-electron chi connectivity index (χ3n) is 2.32. The zero-order chi connectivity index (χ0) is 11.0. The fraction of sp³-hybridized carbons (Fsp3) is 0.429. The Kier molecular flexibility index (Phi) is 6.82. The lowest BCUT2D eigenvalue weighted by Gasteiger charge is -2.03. The highest BCUT2D eigenvalue weighted by Gasteiger charge is 1.94. The summed E-state index contributed by atoms with van der Waals surface area (Å²) in [5.74, 6) is 0. The summed E-state index contributed by atoms with van der Waals surface area (Å²) in [5, 5.41) is 0. The van der Waals surface area contributed by atoms with E-state index in [1.165, 1.54) is 24.0 Å². The van der Waals surface area contributed by atoms with Crippen LogP contribution < -0.4 is 0 Å². The minimum atomic E-state index is 1.08. The normalized spacial score (nSPS) is 11.1. The summed E-state index contributed by atoms with van der Waals surface area (Å²) < 4.78 is 0. The van der Waals surface area contributed by atoms with Crippen LogP contribution in [0.5, 0.6) is 0 Å². The molecule has 0 N–H and O–H groups in total. The van der Waals surface area contributed by atoms with E-state index in [4.69, 9.17) is 0 Å². The van der Waals surface area contributed by atoms with E-state index in [0.29, 0.717) is 0 Å². The van der Waals surface area contributed by atoms with E-state index >= 15 is 0 Å². The standard InChI is InChI=1S/C14H22/c1-6-13(4)10-8-7-9-11-14(5)12(2)3/h6,10H,1-2,5,7-9,11H2,3-4H3. The second kappa shape index (κ2) is 7.37. The van der Waals surface area contributed by atoms with Crippen molar-refractivity contribution in [1.29, 1.82) is 0 Å². The molecule has 0 radical (unpaired) electrons. The number of hydrogen-bond donors (Lipinski definition) is 0. The fourth-order valence-electron chi connectivity index (χ4n) is 1.11. The Labute approximate surface area is 88.7 Å². The van der Waals surface area contributed by atoms with Gasteiger partial charge in [0.15, 0.2) is 0 Å². The summed E-state index contributed by atoms with van der Waals surface area (Å²) in [6.07, 6.45) is 8.77. The van der Waals surface area contributed by atoms with Crippen LogP contribution in [0.15, 0.2) is 48.6 Å². The van der Waals surface area contributed by atoms with Crippen LogP contribution in [0.25, 0.3) is 0 Å². The Bertz CT molecular complexity index is 241. The van der Waals surface area contributed by atoms with Gasteiger partial charge in [-0.1, -0.05) is 48.6 Å². The number of unbranched alkanes of at least 4 members (excludes halogenated alkanes) is 2. The van der Waals surface area contributed by atoms with Gasteiger partial charge in [0, 0.05) is 0 Å². The molecule has 78 valence electrons. The Morgan fingerprint density at radius 1 is 1.14 bits per heavy atom. The molecule has 0 fully saturated rings. The van der Waals surface area contributed by atoms with Gasteiger partial charge in [-0.2, -0.15) is 0 Å². The molecule has 0 atom stereocenters. The molecule has 0 heterocycles. The Morgan fingerprint density at radius 3 is 2.29 bits per heavy atom. The molecule has 0 aromatic rings. The molecule has 14 heavy (non-hydrogen) atoms. The summed E-state index contributed by atoms with van der Waals surface area (Å²) in [7, 11) is 0. The first-order valence-corrected chi connectivity index (χ1v) is 5.20. The van der Waals surface area contributed by atoms with Gasteiger partial charge in [-0.15, -0.1) is 0 Å². The number of allylic oxidation sites excluding steroid dienone is 5. The first-order chi connectivity index (χ1) is 6.57. The molecule has 0 aliphatic rings.